The van der Waals surface area contributed by atoms with Gasteiger partial charge >= 0.3 is 5.97 Å². The monoisotopic (exact) mass is 300 g/mol. The predicted octanol–water partition coefficient (Wildman–Crippen LogP) is 0.0968. The summed E-state index contributed by atoms with van der Waals surface area (Å²) in [4.78, 5) is 36.3. The molecule has 1 aliphatic heterocycles. The van der Waals surface area contributed by atoms with E-state index in [9.17, 15) is 14.4 Å². The van der Waals surface area contributed by atoms with Crippen molar-refractivity contribution in [3.8, 4) is 0 Å². The van der Waals surface area contributed by atoms with Crippen molar-refractivity contribution in [2.75, 3.05) is 26.8 Å². The molecule has 0 aromatic heterocycles. The fourth-order valence-electron chi connectivity index (χ4n) is 2.36. The highest BCUT2D eigenvalue weighted by Gasteiger charge is 2.31. The van der Waals surface area contributed by atoms with Gasteiger partial charge < -0.3 is 20.1 Å². The fraction of sp³-hybridized carbons (Fsp3) is 0.786. The van der Waals surface area contributed by atoms with Crippen molar-refractivity contribution < 1.29 is 24.2 Å². The minimum absolute atomic E-state index is 0.0340. The minimum Gasteiger partial charge on any atom is -0.481 e. The summed E-state index contributed by atoms with van der Waals surface area (Å²) in [6, 6.07) is 0.0453. The highest BCUT2D eigenvalue weighted by Crippen LogP contribution is 2.18. The molecule has 0 aromatic rings. The maximum atomic E-state index is 12.2. The molecule has 120 valence electrons. The molecule has 0 aromatic carbocycles. The highest BCUT2D eigenvalue weighted by molar-refractivity contribution is 5.84. The lowest BCUT2D eigenvalue weighted by atomic mass is 9.93. The number of carboxylic acid groups (broad SMARTS) is 1. The molecule has 1 heterocycles. The number of carbonyl (C=O) groups excluding carboxylic acids is 2. The summed E-state index contributed by atoms with van der Waals surface area (Å²) in [5.74, 6) is -2.49. The lowest BCUT2D eigenvalue weighted by molar-refractivity contribution is -0.149. The number of nitrogens with zero attached hydrogens (tertiary/aromatic N) is 1. The van der Waals surface area contributed by atoms with E-state index in [0.717, 1.165) is 0 Å². The van der Waals surface area contributed by atoms with Crippen LogP contribution in [0.2, 0.25) is 0 Å². The van der Waals surface area contributed by atoms with Crippen LogP contribution < -0.4 is 5.32 Å². The Bertz CT molecular complexity index is 391. The van der Waals surface area contributed by atoms with Crippen molar-refractivity contribution >= 4 is 17.8 Å². The maximum Gasteiger partial charge on any atom is 0.307 e. The fourth-order valence-corrected chi connectivity index (χ4v) is 2.36. The predicted molar refractivity (Wildman–Crippen MR) is 75.6 cm³/mol. The Kier molecular flexibility index (Phi) is 6.61. The number of hydrogen-bond donors (Lipinski definition) is 2. The molecule has 2 unspecified atom stereocenters. The van der Waals surface area contributed by atoms with Gasteiger partial charge in [-0.05, 0) is 12.8 Å². The van der Waals surface area contributed by atoms with Crippen molar-refractivity contribution in [3.05, 3.63) is 0 Å². The van der Waals surface area contributed by atoms with Crippen molar-refractivity contribution in [1.82, 2.24) is 10.2 Å². The number of nitrogens with one attached hydrogen (secondary N) is 1. The number of amides is 2. The Labute approximate surface area is 124 Å². The topological polar surface area (TPSA) is 95.9 Å². The second-order valence-corrected chi connectivity index (χ2v) is 5.52. The van der Waals surface area contributed by atoms with Crippen LogP contribution in [0.4, 0.5) is 0 Å². The summed E-state index contributed by atoms with van der Waals surface area (Å²) < 4.78 is 4.75. The summed E-state index contributed by atoms with van der Waals surface area (Å²) in [7, 11) is 1.46. The normalized spacial score (nSPS) is 18.9. The van der Waals surface area contributed by atoms with Gasteiger partial charge in [0.05, 0.1) is 5.92 Å². The summed E-state index contributed by atoms with van der Waals surface area (Å²) in [6.07, 6.45) is 1.35. The van der Waals surface area contributed by atoms with E-state index >= 15 is 0 Å². The van der Waals surface area contributed by atoms with Crippen LogP contribution in [0.1, 0.15) is 26.7 Å². The van der Waals surface area contributed by atoms with Gasteiger partial charge in [-0.2, -0.15) is 0 Å². The van der Waals surface area contributed by atoms with Gasteiger partial charge in [0, 0.05) is 32.2 Å². The molecule has 21 heavy (non-hydrogen) atoms. The highest BCUT2D eigenvalue weighted by atomic mass is 16.5. The van der Waals surface area contributed by atoms with Gasteiger partial charge in [-0.25, -0.2) is 0 Å². The largest absolute Gasteiger partial charge is 0.481 e. The van der Waals surface area contributed by atoms with E-state index in [-0.39, 0.29) is 24.5 Å². The molecular formula is C14H24N2O5. The van der Waals surface area contributed by atoms with Crippen LogP contribution in [0.25, 0.3) is 0 Å². The van der Waals surface area contributed by atoms with Crippen molar-refractivity contribution in [1.29, 1.82) is 0 Å². The number of aliphatic carboxylic acids is 1. The third-order valence-electron chi connectivity index (χ3n) is 3.98. The number of likely N-dealkylation sites (tertiary alicyclic amines) is 1. The number of ether oxygens (including phenoxy) is 1. The van der Waals surface area contributed by atoms with Gasteiger partial charge in [-0.15, -0.1) is 0 Å². The number of rotatable bonds is 6. The first-order chi connectivity index (χ1) is 9.86. The number of methoxy groups -OCH3 is 1. The first-order valence-electron chi connectivity index (χ1n) is 7.16. The molecule has 1 rings (SSSR count). The minimum atomic E-state index is -0.961. The molecule has 0 aliphatic carbocycles. The molecule has 1 fully saturated rings. The molecule has 2 N–H and O–H groups in total. The zero-order valence-electron chi connectivity index (χ0n) is 12.8. The number of carbonyl (C=O) groups is 3. The van der Waals surface area contributed by atoms with E-state index in [1.807, 2.05) is 0 Å². The van der Waals surface area contributed by atoms with Crippen molar-refractivity contribution in [2.45, 2.75) is 32.7 Å². The summed E-state index contributed by atoms with van der Waals surface area (Å²) in [5, 5.41) is 11.8. The van der Waals surface area contributed by atoms with Gasteiger partial charge in [-0.1, -0.05) is 13.8 Å². The second kappa shape index (κ2) is 7.97. The van der Waals surface area contributed by atoms with Crippen LogP contribution in [0.15, 0.2) is 0 Å². The number of piperidine rings is 1. The van der Waals surface area contributed by atoms with Crippen LogP contribution in [0.5, 0.6) is 0 Å². The molecule has 7 nitrogen and oxygen atoms in total. The van der Waals surface area contributed by atoms with Crippen LogP contribution in [-0.4, -0.2) is 60.6 Å². The second-order valence-electron chi connectivity index (χ2n) is 5.52. The SMILES string of the molecule is COCC(=O)NC1CCN(C(=O)C(C)C(C)C(=O)O)CC1. The Morgan fingerprint density at radius 2 is 1.81 bits per heavy atom. The standard InChI is InChI=1S/C14H24N2O5/c1-9(10(2)14(19)20)13(18)16-6-4-11(5-7-16)15-12(17)8-21-3/h9-11H,4-8H2,1-3H3,(H,15,17)(H,19,20). The zero-order chi connectivity index (χ0) is 16.0. The van der Waals surface area contributed by atoms with E-state index in [4.69, 9.17) is 9.84 Å². The zero-order valence-corrected chi connectivity index (χ0v) is 12.8. The smallest absolute Gasteiger partial charge is 0.307 e. The summed E-state index contributed by atoms with van der Waals surface area (Å²) in [6.45, 7) is 4.30. The number of carboxylic acids is 1. The molecule has 2 amide bonds. The van der Waals surface area contributed by atoms with E-state index in [1.54, 1.807) is 18.7 Å². The van der Waals surface area contributed by atoms with E-state index < -0.39 is 17.8 Å². The molecule has 0 saturated carbocycles. The van der Waals surface area contributed by atoms with E-state index in [1.165, 1.54) is 7.11 Å². The van der Waals surface area contributed by atoms with E-state index in [0.29, 0.717) is 25.9 Å². The molecule has 0 radical (unpaired) electrons. The van der Waals surface area contributed by atoms with Gasteiger partial charge in [0.15, 0.2) is 0 Å². The summed E-state index contributed by atoms with van der Waals surface area (Å²) >= 11 is 0. The molecule has 2 atom stereocenters. The third-order valence-corrected chi connectivity index (χ3v) is 3.98. The molecule has 1 aliphatic rings. The van der Waals surface area contributed by atoms with Crippen LogP contribution in [-0.2, 0) is 19.1 Å². The van der Waals surface area contributed by atoms with Gasteiger partial charge in [0.25, 0.3) is 0 Å². The molecule has 0 spiro atoms. The lowest BCUT2D eigenvalue weighted by Crippen LogP contribution is -2.49. The van der Waals surface area contributed by atoms with Gasteiger partial charge in [0.2, 0.25) is 11.8 Å². The van der Waals surface area contributed by atoms with E-state index in [2.05, 4.69) is 5.32 Å². The number of hydrogen-bond acceptors (Lipinski definition) is 4. The Hall–Kier alpha value is -1.63. The maximum absolute atomic E-state index is 12.2. The van der Waals surface area contributed by atoms with Gasteiger partial charge in [-0.3, -0.25) is 14.4 Å². The first kappa shape index (κ1) is 17.4. The first-order valence-corrected chi connectivity index (χ1v) is 7.16. The average Bonchev–Trinajstić information content (AvgIpc) is 2.45. The Balaban J connectivity index is 2.43. The van der Waals surface area contributed by atoms with Crippen LogP contribution in [0.3, 0.4) is 0 Å². The molecular weight excluding hydrogens is 276 g/mol. The quantitative estimate of drug-likeness (QED) is 0.725. The summed E-state index contributed by atoms with van der Waals surface area (Å²) in [5.41, 5.74) is 0. The lowest BCUT2D eigenvalue weighted by Gasteiger charge is -2.34. The molecule has 7 heteroatoms. The van der Waals surface area contributed by atoms with Crippen LogP contribution in [0, 0.1) is 11.8 Å². The van der Waals surface area contributed by atoms with Gasteiger partial charge in [0.1, 0.15) is 6.61 Å². The van der Waals surface area contributed by atoms with Crippen molar-refractivity contribution in [3.63, 3.8) is 0 Å². The molecule has 0 bridgehead atoms. The Morgan fingerprint density at radius 3 is 2.29 bits per heavy atom. The van der Waals surface area contributed by atoms with Crippen molar-refractivity contribution in [2.24, 2.45) is 11.8 Å². The molecule has 1 saturated heterocycles. The average molecular weight is 300 g/mol. The third kappa shape index (κ3) is 5.00. The van der Waals surface area contributed by atoms with Crippen LogP contribution >= 0.6 is 0 Å². The Morgan fingerprint density at radius 1 is 1.24 bits per heavy atom.